The molecular weight excluding hydrogens is 843 g/mol. The number of rotatable bonds is 50. The standard InChI is InChI=1S/C57H111NO9/c1-3-5-7-9-11-13-15-16-17-18-19-20-21-22-23-24-25-26-27-28-29-30-31-32-33-34-36-38-40-42-44-46-51(61)56(65)58-49(48-66-57-55(64)54(63)53(62)52(47-59)67-57)50(60)45-43-41-39-37-35-14-12-10-8-6-4-2/h22-23,49-55,57,59-64H,3-21,24-48H2,1-2H3,(H,58,65)/b23-22-. The maximum Gasteiger partial charge on any atom is 0.249 e. The fourth-order valence-electron chi connectivity index (χ4n) is 9.52. The minimum absolute atomic E-state index is 0.252. The summed E-state index contributed by atoms with van der Waals surface area (Å²) in [5.74, 6) is -0.580. The van der Waals surface area contributed by atoms with Crippen molar-refractivity contribution in [1.82, 2.24) is 5.32 Å². The molecule has 0 aromatic carbocycles. The van der Waals surface area contributed by atoms with E-state index in [1.807, 2.05) is 0 Å². The van der Waals surface area contributed by atoms with E-state index in [1.54, 1.807) is 0 Å². The molecule has 0 aromatic heterocycles. The van der Waals surface area contributed by atoms with E-state index in [0.717, 1.165) is 44.9 Å². The van der Waals surface area contributed by atoms with Gasteiger partial charge in [0.15, 0.2) is 6.29 Å². The number of allylic oxidation sites excluding steroid dienone is 2. The van der Waals surface area contributed by atoms with Crippen molar-refractivity contribution >= 4 is 5.91 Å². The predicted molar refractivity (Wildman–Crippen MR) is 278 cm³/mol. The Bertz CT molecular complexity index is 1080. The van der Waals surface area contributed by atoms with Crippen molar-refractivity contribution in [3.8, 4) is 0 Å². The number of hydrogen-bond acceptors (Lipinski definition) is 9. The van der Waals surface area contributed by atoms with Crippen LogP contribution >= 0.6 is 0 Å². The number of aliphatic hydroxyl groups is 6. The molecule has 10 nitrogen and oxygen atoms in total. The molecule has 67 heavy (non-hydrogen) atoms. The number of unbranched alkanes of at least 4 members (excludes halogenated alkanes) is 37. The highest BCUT2D eigenvalue weighted by atomic mass is 16.7. The number of carbonyl (C=O) groups is 1. The first kappa shape index (κ1) is 63.9. The highest BCUT2D eigenvalue weighted by molar-refractivity contribution is 5.80. The van der Waals surface area contributed by atoms with Crippen LogP contribution in [-0.2, 0) is 14.3 Å². The summed E-state index contributed by atoms with van der Waals surface area (Å²) < 4.78 is 11.2. The van der Waals surface area contributed by atoms with Gasteiger partial charge < -0.3 is 45.4 Å². The SMILES string of the molecule is CCCCCCCCCCCCCC/C=C\CCCCCCCCCCCCCCCCCC(O)C(=O)NC(COC1OC(CO)C(O)C(O)C1O)C(O)CCCCCCCCCCCCC. The Balaban J connectivity index is 2.12. The van der Waals surface area contributed by atoms with E-state index < -0.39 is 61.5 Å². The lowest BCUT2D eigenvalue weighted by molar-refractivity contribution is -0.302. The summed E-state index contributed by atoms with van der Waals surface area (Å²) in [5, 5.41) is 65.0. The van der Waals surface area contributed by atoms with Crippen molar-refractivity contribution in [3.63, 3.8) is 0 Å². The smallest absolute Gasteiger partial charge is 0.249 e. The molecule has 8 atom stereocenters. The van der Waals surface area contributed by atoms with Gasteiger partial charge in [0.2, 0.25) is 5.91 Å². The third-order valence-corrected chi connectivity index (χ3v) is 14.2. The van der Waals surface area contributed by atoms with Crippen LogP contribution in [-0.4, -0.2) is 98.7 Å². The monoisotopic (exact) mass is 954 g/mol. The topological polar surface area (TPSA) is 169 Å². The van der Waals surface area contributed by atoms with Gasteiger partial charge in [0.05, 0.1) is 25.4 Å². The normalized spacial score (nSPS) is 20.1. The molecule has 0 aromatic rings. The van der Waals surface area contributed by atoms with Crippen LogP contribution in [0.25, 0.3) is 0 Å². The van der Waals surface area contributed by atoms with E-state index in [4.69, 9.17) is 9.47 Å². The summed E-state index contributed by atoms with van der Waals surface area (Å²) in [7, 11) is 0. The minimum atomic E-state index is -1.59. The highest BCUT2D eigenvalue weighted by Crippen LogP contribution is 2.23. The number of hydrogen-bond donors (Lipinski definition) is 7. The number of aliphatic hydroxyl groups excluding tert-OH is 6. The zero-order valence-corrected chi connectivity index (χ0v) is 43.8. The van der Waals surface area contributed by atoms with Gasteiger partial charge in [-0.2, -0.15) is 0 Å². The van der Waals surface area contributed by atoms with E-state index >= 15 is 0 Å². The van der Waals surface area contributed by atoms with Crippen LogP contribution in [0.3, 0.4) is 0 Å². The number of nitrogens with one attached hydrogen (secondary N) is 1. The van der Waals surface area contributed by atoms with Crippen molar-refractivity contribution in [3.05, 3.63) is 12.2 Å². The second-order valence-electron chi connectivity index (χ2n) is 20.6. The first-order valence-corrected chi connectivity index (χ1v) is 29.0. The lowest BCUT2D eigenvalue weighted by Gasteiger charge is -2.40. The third kappa shape index (κ3) is 36.5. The second-order valence-corrected chi connectivity index (χ2v) is 20.6. The molecule has 1 aliphatic rings. The minimum Gasteiger partial charge on any atom is -0.394 e. The van der Waals surface area contributed by atoms with E-state index in [1.165, 1.54) is 212 Å². The second kappa shape index (κ2) is 47.2. The molecule has 1 fully saturated rings. The highest BCUT2D eigenvalue weighted by Gasteiger charge is 2.44. The fraction of sp³-hybridized carbons (Fsp3) is 0.947. The molecule has 7 N–H and O–H groups in total. The fourth-order valence-corrected chi connectivity index (χ4v) is 9.52. The molecule has 1 amide bonds. The van der Waals surface area contributed by atoms with E-state index in [-0.39, 0.29) is 6.61 Å². The predicted octanol–water partition coefficient (Wildman–Crippen LogP) is 13.0. The molecule has 0 radical (unpaired) electrons. The largest absolute Gasteiger partial charge is 0.394 e. The van der Waals surface area contributed by atoms with Gasteiger partial charge in [0, 0.05) is 0 Å². The Morgan fingerprint density at radius 3 is 1.21 bits per heavy atom. The van der Waals surface area contributed by atoms with Crippen LogP contribution in [0.2, 0.25) is 0 Å². The summed E-state index contributed by atoms with van der Waals surface area (Å²) >= 11 is 0. The Morgan fingerprint density at radius 2 is 0.836 bits per heavy atom. The zero-order chi connectivity index (χ0) is 48.8. The number of ether oxygens (including phenoxy) is 2. The van der Waals surface area contributed by atoms with Gasteiger partial charge in [-0.3, -0.25) is 4.79 Å². The molecule has 1 saturated heterocycles. The summed E-state index contributed by atoms with van der Waals surface area (Å²) in [5.41, 5.74) is 0. The third-order valence-electron chi connectivity index (χ3n) is 14.2. The van der Waals surface area contributed by atoms with Crippen LogP contribution in [0.4, 0.5) is 0 Å². The molecule has 1 aliphatic heterocycles. The molecule has 0 aliphatic carbocycles. The Kier molecular flexibility index (Phi) is 45.0. The number of amides is 1. The maximum atomic E-state index is 13.1. The van der Waals surface area contributed by atoms with E-state index in [2.05, 4.69) is 31.3 Å². The molecular formula is C57H111NO9. The molecule has 398 valence electrons. The quantitative estimate of drug-likeness (QED) is 0.0232. The van der Waals surface area contributed by atoms with Crippen LogP contribution in [0.15, 0.2) is 12.2 Å². The van der Waals surface area contributed by atoms with E-state index in [0.29, 0.717) is 12.8 Å². The Labute approximate surface area is 412 Å². The summed E-state index contributed by atoms with van der Waals surface area (Å²) in [6, 6.07) is -0.890. The molecule has 10 heteroatoms. The van der Waals surface area contributed by atoms with E-state index in [9.17, 15) is 35.4 Å². The van der Waals surface area contributed by atoms with Crippen molar-refractivity contribution in [1.29, 1.82) is 0 Å². The summed E-state index contributed by atoms with van der Waals surface area (Å²) in [4.78, 5) is 13.1. The summed E-state index contributed by atoms with van der Waals surface area (Å²) in [6.07, 6.45) is 47.3. The van der Waals surface area contributed by atoms with Crippen molar-refractivity contribution < 1.29 is 44.9 Å². The van der Waals surface area contributed by atoms with Crippen molar-refractivity contribution in [2.75, 3.05) is 13.2 Å². The molecule has 0 saturated carbocycles. The van der Waals surface area contributed by atoms with Crippen LogP contribution in [0, 0.1) is 0 Å². The average Bonchev–Trinajstić information content (AvgIpc) is 3.33. The van der Waals surface area contributed by atoms with Gasteiger partial charge in [0.25, 0.3) is 0 Å². The Morgan fingerprint density at radius 1 is 0.493 bits per heavy atom. The first-order chi connectivity index (χ1) is 32.8. The van der Waals surface area contributed by atoms with Crippen LogP contribution < -0.4 is 5.32 Å². The Hall–Kier alpha value is -1.11. The van der Waals surface area contributed by atoms with Crippen molar-refractivity contribution in [2.24, 2.45) is 0 Å². The van der Waals surface area contributed by atoms with Crippen LogP contribution in [0.1, 0.15) is 284 Å². The maximum absolute atomic E-state index is 13.1. The molecule has 0 bridgehead atoms. The van der Waals surface area contributed by atoms with Gasteiger partial charge >= 0.3 is 0 Å². The average molecular weight is 955 g/mol. The van der Waals surface area contributed by atoms with Gasteiger partial charge in [-0.15, -0.1) is 0 Å². The van der Waals surface area contributed by atoms with Gasteiger partial charge in [-0.1, -0.05) is 257 Å². The zero-order valence-electron chi connectivity index (χ0n) is 43.8. The molecule has 1 heterocycles. The lowest BCUT2D eigenvalue weighted by atomic mass is 9.99. The summed E-state index contributed by atoms with van der Waals surface area (Å²) in [6.45, 7) is 3.68. The van der Waals surface area contributed by atoms with Crippen LogP contribution in [0.5, 0.6) is 0 Å². The van der Waals surface area contributed by atoms with Gasteiger partial charge in [-0.05, 0) is 38.5 Å². The van der Waals surface area contributed by atoms with Crippen molar-refractivity contribution in [2.45, 2.75) is 332 Å². The number of carbonyl (C=O) groups excluding carboxylic acids is 1. The molecule has 1 rings (SSSR count). The van der Waals surface area contributed by atoms with Gasteiger partial charge in [0.1, 0.15) is 30.5 Å². The molecule has 0 spiro atoms. The lowest BCUT2D eigenvalue weighted by Crippen LogP contribution is -2.60. The van der Waals surface area contributed by atoms with Gasteiger partial charge in [-0.25, -0.2) is 0 Å². The molecule has 8 unspecified atom stereocenters. The first-order valence-electron chi connectivity index (χ1n) is 29.0.